The van der Waals surface area contributed by atoms with Gasteiger partial charge in [-0.2, -0.15) is 0 Å². The average molecular weight is 182 g/mol. The summed E-state index contributed by atoms with van der Waals surface area (Å²) < 4.78 is 0. The van der Waals surface area contributed by atoms with Gasteiger partial charge in [0.2, 0.25) is 0 Å². The van der Waals surface area contributed by atoms with E-state index < -0.39 is 0 Å². The van der Waals surface area contributed by atoms with Crippen molar-refractivity contribution >= 4 is 0 Å². The molecular weight excluding hydrogens is 156 g/mol. The van der Waals surface area contributed by atoms with E-state index in [0.29, 0.717) is 5.41 Å². The molecule has 0 radical (unpaired) electrons. The molecule has 1 saturated carbocycles. The van der Waals surface area contributed by atoms with Gasteiger partial charge >= 0.3 is 0 Å². The van der Waals surface area contributed by atoms with Crippen LogP contribution in [0.5, 0.6) is 0 Å². The van der Waals surface area contributed by atoms with Crippen molar-refractivity contribution in [2.24, 2.45) is 17.3 Å². The molecule has 0 amide bonds. The van der Waals surface area contributed by atoms with Crippen LogP contribution in [-0.4, -0.2) is 0 Å². The molecule has 0 atom stereocenters. The molecule has 0 heteroatoms. The van der Waals surface area contributed by atoms with E-state index in [4.69, 9.17) is 0 Å². The summed E-state index contributed by atoms with van der Waals surface area (Å²) in [5.74, 6) is 2.01. The van der Waals surface area contributed by atoms with E-state index in [1.807, 2.05) is 0 Å². The lowest BCUT2D eigenvalue weighted by Crippen LogP contribution is -2.29. The van der Waals surface area contributed by atoms with Gasteiger partial charge < -0.3 is 0 Å². The molecule has 0 unspecified atom stereocenters. The molecule has 0 aromatic heterocycles. The van der Waals surface area contributed by atoms with Gasteiger partial charge in [-0.3, -0.25) is 0 Å². The predicted molar refractivity (Wildman–Crippen MR) is 59.8 cm³/mol. The Hall–Kier alpha value is 0. The largest absolute Gasteiger partial charge is 0.0649 e. The van der Waals surface area contributed by atoms with Crippen LogP contribution in [0.1, 0.15) is 66.2 Å². The molecule has 0 heterocycles. The van der Waals surface area contributed by atoms with Crippen LogP contribution in [0.2, 0.25) is 0 Å². The highest BCUT2D eigenvalue weighted by Gasteiger charge is 2.32. The van der Waals surface area contributed by atoms with Crippen molar-refractivity contribution in [2.75, 3.05) is 0 Å². The molecule has 1 aliphatic rings. The summed E-state index contributed by atoms with van der Waals surface area (Å²) in [6.07, 6.45) is 8.64. The Morgan fingerprint density at radius 1 is 1.00 bits per heavy atom. The minimum atomic E-state index is 0.639. The van der Waals surface area contributed by atoms with E-state index in [1.54, 1.807) is 0 Å². The van der Waals surface area contributed by atoms with Crippen LogP contribution in [0.3, 0.4) is 0 Å². The second-order valence-corrected chi connectivity index (χ2v) is 5.32. The van der Waals surface area contributed by atoms with Crippen LogP contribution in [0.15, 0.2) is 0 Å². The van der Waals surface area contributed by atoms with Crippen LogP contribution < -0.4 is 0 Å². The lowest BCUT2D eigenvalue weighted by atomic mass is 9.65. The third-order valence-electron chi connectivity index (χ3n) is 4.62. The summed E-state index contributed by atoms with van der Waals surface area (Å²) in [6.45, 7) is 9.63. The summed E-state index contributed by atoms with van der Waals surface area (Å²) in [6, 6.07) is 0. The monoisotopic (exact) mass is 182 g/mol. The SMILES string of the molecule is CCC(C)(CC)C1CCC(C)CC1. The van der Waals surface area contributed by atoms with Crippen molar-refractivity contribution in [3.8, 4) is 0 Å². The standard InChI is InChI=1S/C13H26/c1-5-13(4,6-2)12-9-7-11(3)8-10-12/h11-12H,5-10H2,1-4H3. The molecule has 0 saturated heterocycles. The van der Waals surface area contributed by atoms with Crippen molar-refractivity contribution in [3.63, 3.8) is 0 Å². The smallest absolute Gasteiger partial charge is 0.0303 e. The number of hydrogen-bond donors (Lipinski definition) is 0. The normalized spacial score (nSPS) is 30.5. The van der Waals surface area contributed by atoms with Crippen molar-refractivity contribution in [1.82, 2.24) is 0 Å². The summed E-state index contributed by atoms with van der Waals surface area (Å²) in [5.41, 5.74) is 0.639. The molecule has 0 N–H and O–H groups in total. The zero-order valence-corrected chi connectivity index (χ0v) is 9.90. The van der Waals surface area contributed by atoms with Crippen LogP contribution in [0, 0.1) is 17.3 Å². The highest BCUT2D eigenvalue weighted by atomic mass is 14.4. The first-order valence-electron chi connectivity index (χ1n) is 6.12. The van der Waals surface area contributed by atoms with Crippen molar-refractivity contribution in [2.45, 2.75) is 66.2 Å². The van der Waals surface area contributed by atoms with E-state index in [1.165, 1.54) is 38.5 Å². The van der Waals surface area contributed by atoms with E-state index in [9.17, 15) is 0 Å². The zero-order chi connectivity index (χ0) is 9.90. The van der Waals surface area contributed by atoms with Crippen LogP contribution in [0.25, 0.3) is 0 Å². The zero-order valence-electron chi connectivity index (χ0n) is 9.90. The van der Waals surface area contributed by atoms with E-state index in [2.05, 4.69) is 27.7 Å². The molecule has 1 aliphatic carbocycles. The Morgan fingerprint density at radius 3 is 1.85 bits per heavy atom. The van der Waals surface area contributed by atoms with Gasteiger partial charge in [-0.15, -0.1) is 0 Å². The van der Waals surface area contributed by atoms with E-state index in [-0.39, 0.29) is 0 Å². The fraction of sp³-hybridized carbons (Fsp3) is 1.00. The highest BCUT2D eigenvalue weighted by Crippen LogP contribution is 2.44. The molecule has 0 aliphatic heterocycles. The van der Waals surface area contributed by atoms with Crippen molar-refractivity contribution in [1.29, 1.82) is 0 Å². The minimum Gasteiger partial charge on any atom is -0.0649 e. The molecule has 1 fully saturated rings. The molecule has 0 aromatic rings. The van der Waals surface area contributed by atoms with Crippen LogP contribution >= 0.6 is 0 Å². The van der Waals surface area contributed by atoms with E-state index >= 15 is 0 Å². The molecule has 78 valence electrons. The minimum absolute atomic E-state index is 0.639. The summed E-state index contributed by atoms with van der Waals surface area (Å²) >= 11 is 0. The van der Waals surface area contributed by atoms with Gasteiger partial charge in [0.15, 0.2) is 0 Å². The van der Waals surface area contributed by atoms with Crippen LogP contribution in [0.4, 0.5) is 0 Å². The Bertz CT molecular complexity index is 136. The number of rotatable bonds is 3. The first-order valence-corrected chi connectivity index (χ1v) is 6.12. The second-order valence-electron chi connectivity index (χ2n) is 5.32. The first kappa shape index (κ1) is 11.1. The van der Waals surface area contributed by atoms with Gasteiger partial charge in [-0.1, -0.05) is 53.4 Å². The maximum atomic E-state index is 2.49. The maximum Gasteiger partial charge on any atom is -0.0303 e. The third kappa shape index (κ3) is 2.48. The molecule has 0 spiro atoms. The Morgan fingerprint density at radius 2 is 1.46 bits per heavy atom. The topological polar surface area (TPSA) is 0 Å². The third-order valence-corrected chi connectivity index (χ3v) is 4.62. The molecule has 0 bridgehead atoms. The van der Waals surface area contributed by atoms with Gasteiger partial charge in [0.1, 0.15) is 0 Å². The lowest BCUT2D eigenvalue weighted by molar-refractivity contribution is 0.109. The highest BCUT2D eigenvalue weighted by molar-refractivity contribution is 4.83. The Balaban J connectivity index is 2.51. The predicted octanol–water partition coefficient (Wildman–Crippen LogP) is 4.64. The van der Waals surface area contributed by atoms with Crippen molar-refractivity contribution in [3.05, 3.63) is 0 Å². The fourth-order valence-corrected chi connectivity index (χ4v) is 2.78. The summed E-state index contributed by atoms with van der Waals surface area (Å²) in [7, 11) is 0. The van der Waals surface area contributed by atoms with Crippen molar-refractivity contribution < 1.29 is 0 Å². The quantitative estimate of drug-likeness (QED) is 0.596. The maximum absolute atomic E-state index is 2.49. The van der Waals surface area contributed by atoms with E-state index in [0.717, 1.165) is 11.8 Å². The molecule has 0 nitrogen and oxygen atoms in total. The van der Waals surface area contributed by atoms with Gasteiger partial charge in [0, 0.05) is 0 Å². The van der Waals surface area contributed by atoms with Gasteiger partial charge in [-0.25, -0.2) is 0 Å². The second kappa shape index (κ2) is 4.48. The fourth-order valence-electron chi connectivity index (χ4n) is 2.78. The molecule has 13 heavy (non-hydrogen) atoms. The summed E-state index contributed by atoms with van der Waals surface area (Å²) in [5, 5.41) is 0. The summed E-state index contributed by atoms with van der Waals surface area (Å²) in [4.78, 5) is 0. The lowest BCUT2D eigenvalue weighted by Gasteiger charge is -2.40. The Labute approximate surface area is 84.1 Å². The first-order chi connectivity index (χ1) is 6.12. The van der Waals surface area contributed by atoms with Gasteiger partial charge in [0.25, 0.3) is 0 Å². The number of hydrogen-bond acceptors (Lipinski definition) is 0. The van der Waals surface area contributed by atoms with Gasteiger partial charge in [0.05, 0.1) is 0 Å². The molecule has 1 rings (SSSR count). The Kier molecular flexibility index (Phi) is 3.82. The molecular formula is C13H26. The van der Waals surface area contributed by atoms with Crippen LogP contribution in [-0.2, 0) is 0 Å². The molecule has 0 aromatic carbocycles. The average Bonchev–Trinajstić information content (AvgIpc) is 2.18. The van der Waals surface area contributed by atoms with Gasteiger partial charge in [-0.05, 0) is 30.1 Å².